The topological polar surface area (TPSA) is 157 Å². The number of hydrogen-bond donors (Lipinski definition) is 8. The van der Waals surface area contributed by atoms with Crippen LogP contribution < -0.4 is 22.1 Å². The van der Waals surface area contributed by atoms with Crippen LogP contribution in [0.15, 0.2) is 48.5 Å². The van der Waals surface area contributed by atoms with Crippen LogP contribution in [-0.4, -0.2) is 33.5 Å². The lowest BCUT2D eigenvalue weighted by molar-refractivity contribution is 0.403. The number of aromatic hydroxyl groups is 4. The molecule has 8 nitrogen and oxygen atoms in total. The van der Waals surface area contributed by atoms with Gasteiger partial charge in [-0.2, -0.15) is 0 Å². The number of anilines is 4. The molecule has 0 aliphatic rings. The zero-order chi connectivity index (χ0) is 21.7. The molecule has 8 heteroatoms. The number of nitrogens with two attached hydrogens (primary N) is 2. The van der Waals surface area contributed by atoms with Crippen LogP contribution >= 0.6 is 0 Å². The van der Waals surface area contributed by atoms with E-state index >= 15 is 0 Å². The van der Waals surface area contributed by atoms with E-state index in [1.54, 1.807) is 0 Å². The first-order chi connectivity index (χ1) is 14.4. The van der Waals surface area contributed by atoms with E-state index in [9.17, 15) is 20.4 Å². The van der Waals surface area contributed by atoms with Gasteiger partial charge in [-0.15, -0.1) is 0 Å². The summed E-state index contributed by atoms with van der Waals surface area (Å²) >= 11 is 0. The Morgan fingerprint density at radius 3 is 1.23 bits per heavy atom. The van der Waals surface area contributed by atoms with Gasteiger partial charge in [0.1, 0.15) is 0 Å². The number of hydrogen-bond acceptors (Lipinski definition) is 8. The van der Waals surface area contributed by atoms with Gasteiger partial charge in [0.05, 0.1) is 0 Å². The van der Waals surface area contributed by atoms with Crippen molar-refractivity contribution in [2.45, 2.75) is 12.8 Å². The summed E-state index contributed by atoms with van der Waals surface area (Å²) in [6.45, 7) is 0.818. The normalized spacial score (nSPS) is 10.7. The van der Waals surface area contributed by atoms with Crippen molar-refractivity contribution in [3.05, 3.63) is 59.7 Å². The fourth-order valence-electron chi connectivity index (χ4n) is 3.15. The number of rotatable bonds is 8. The quantitative estimate of drug-likeness (QED) is 0.208. The number of nitrogens with one attached hydrogen (secondary N) is 2. The Morgan fingerprint density at radius 2 is 0.900 bits per heavy atom. The molecule has 0 fully saturated rings. The van der Waals surface area contributed by atoms with E-state index in [0.717, 1.165) is 22.5 Å². The maximum absolute atomic E-state index is 9.81. The molecular formula is C22H26N4O4. The molecule has 0 bridgehead atoms. The second-order valence-corrected chi connectivity index (χ2v) is 6.90. The van der Waals surface area contributed by atoms with E-state index in [1.165, 1.54) is 24.3 Å². The summed E-state index contributed by atoms with van der Waals surface area (Å²) in [4.78, 5) is 0. The molecule has 0 radical (unpaired) electrons. The molecule has 0 heterocycles. The molecule has 3 aromatic rings. The van der Waals surface area contributed by atoms with Gasteiger partial charge in [0.25, 0.3) is 0 Å². The first-order valence-corrected chi connectivity index (χ1v) is 9.55. The Morgan fingerprint density at radius 1 is 0.567 bits per heavy atom. The van der Waals surface area contributed by atoms with Crippen LogP contribution in [0.3, 0.4) is 0 Å². The lowest BCUT2D eigenvalue weighted by Crippen LogP contribution is -2.06. The Hall–Kier alpha value is -3.62. The molecule has 0 saturated carbocycles. The molecule has 0 aliphatic carbocycles. The Kier molecular flexibility index (Phi) is 6.51. The van der Waals surface area contributed by atoms with Crippen molar-refractivity contribution in [2.24, 2.45) is 11.5 Å². The van der Waals surface area contributed by atoms with E-state index < -0.39 is 0 Å². The Balaban J connectivity index is 1.80. The van der Waals surface area contributed by atoms with Crippen LogP contribution in [0.2, 0.25) is 0 Å². The summed E-state index contributed by atoms with van der Waals surface area (Å²) < 4.78 is 0. The molecule has 0 spiro atoms. The highest BCUT2D eigenvalue weighted by Crippen LogP contribution is 2.35. The van der Waals surface area contributed by atoms with E-state index in [1.807, 2.05) is 24.3 Å². The van der Waals surface area contributed by atoms with Crippen molar-refractivity contribution in [2.75, 3.05) is 23.7 Å². The molecule has 0 amide bonds. The third-order valence-corrected chi connectivity index (χ3v) is 4.67. The Bertz CT molecular complexity index is 940. The number of phenols is 4. The Labute approximate surface area is 174 Å². The fraction of sp³-hybridized carbons (Fsp3) is 0.182. The van der Waals surface area contributed by atoms with Crippen molar-refractivity contribution in [1.29, 1.82) is 0 Å². The average Bonchev–Trinajstić information content (AvgIpc) is 2.71. The lowest BCUT2D eigenvalue weighted by atomic mass is 10.1. The summed E-state index contributed by atoms with van der Waals surface area (Å²) in [5.74, 6) is -0.796. The lowest BCUT2D eigenvalue weighted by Gasteiger charge is -2.15. The molecule has 0 saturated heterocycles. The first kappa shape index (κ1) is 21.1. The van der Waals surface area contributed by atoms with Crippen molar-refractivity contribution < 1.29 is 20.4 Å². The predicted molar refractivity (Wildman–Crippen MR) is 118 cm³/mol. The van der Waals surface area contributed by atoms with Gasteiger partial charge in [-0.1, -0.05) is 0 Å². The second kappa shape index (κ2) is 9.25. The summed E-state index contributed by atoms with van der Waals surface area (Å²) in [6, 6.07) is 13.3. The van der Waals surface area contributed by atoms with Gasteiger partial charge < -0.3 is 42.5 Å². The monoisotopic (exact) mass is 410 g/mol. The molecule has 0 aliphatic heterocycles. The fourth-order valence-corrected chi connectivity index (χ4v) is 3.15. The molecule has 0 aromatic heterocycles. The van der Waals surface area contributed by atoms with Crippen molar-refractivity contribution in [3.8, 4) is 23.0 Å². The molecule has 0 atom stereocenters. The summed E-state index contributed by atoms with van der Waals surface area (Å²) in [6.07, 6.45) is 1.09. The summed E-state index contributed by atoms with van der Waals surface area (Å²) in [5, 5.41) is 45.5. The zero-order valence-corrected chi connectivity index (χ0v) is 16.4. The maximum Gasteiger partial charge on any atom is 0.159 e. The SMILES string of the molecule is NCCc1cc(O)c(O)cc1Nc1ccc(Nc2cc(O)c(O)cc2CCN)cc1. The van der Waals surface area contributed by atoms with Gasteiger partial charge in [-0.25, -0.2) is 0 Å². The van der Waals surface area contributed by atoms with E-state index in [4.69, 9.17) is 11.5 Å². The predicted octanol–water partition coefficient (Wildman–Crippen LogP) is 3.00. The minimum atomic E-state index is -0.212. The van der Waals surface area contributed by atoms with E-state index in [2.05, 4.69) is 10.6 Å². The molecule has 30 heavy (non-hydrogen) atoms. The van der Waals surface area contributed by atoms with Gasteiger partial charge >= 0.3 is 0 Å². The average molecular weight is 410 g/mol. The van der Waals surface area contributed by atoms with Crippen LogP contribution in [0.1, 0.15) is 11.1 Å². The van der Waals surface area contributed by atoms with Crippen molar-refractivity contribution in [3.63, 3.8) is 0 Å². The van der Waals surface area contributed by atoms with Crippen molar-refractivity contribution in [1.82, 2.24) is 0 Å². The summed E-state index contributed by atoms with van der Waals surface area (Å²) in [5.41, 5.74) is 15.7. The van der Waals surface area contributed by atoms with E-state index in [-0.39, 0.29) is 23.0 Å². The largest absolute Gasteiger partial charge is 0.504 e. The molecule has 158 valence electrons. The molecule has 3 aromatic carbocycles. The number of phenolic OH excluding ortho intramolecular Hbond substituents is 4. The smallest absolute Gasteiger partial charge is 0.159 e. The highest BCUT2D eigenvalue weighted by atomic mass is 16.3. The molecular weight excluding hydrogens is 384 g/mol. The molecule has 3 rings (SSSR count). The van der Waals surface area contributed by atoms with Crippen LogP contribution in [0.4, 0.5) is 22.7 Å². The summed E-state index contributed by atoms with van der Waals surface area (Å²) in [7, 11) is 0. The first-order valence-electron chi connectivity index (χ1n) is 9.55. The second-order valence-electron chi connectivity index (χ2n) is 6.90. The van der Waals surface area contributed by atoms with Gasteiger partial charge in [0, 0.05) is 34.9 Å². The molecule has 0 unspecified atom stereocenters. The zero-order valence-electron chi connectivity index (χ0n) is 16.4. The molecule has 10 N–H and O–H groups in total. The van der Waals surface area contributed by atoms with Crippen LogP contribution in [0.25, 0.3) is 0 Å². The highest BCUT2D eigenvalue weighted by Gasteiger charge is 2.10. The third-order valence-electron chi connectivity index (χ3n) is 4.67. The van der Waals surface area contributed by atoms with Gasteiger partial charge in [-0.3, -0.25) is 0 Å². The highest BCUT2D eigenvalue weighted by molar-refractivity contribution is 5.71. The maximum atomic E-state index is 9.81. The van der Waals surface area contributed by atoms with Crippen LogP contribution in [-0.2, 0) is 12.8 Å². The standard InChI is InChI=1S/C22H26N4O4/c23-7-5-13-9-19(27)21(29)11-17(13)25-15-1-2-16(4-3-15)26-18-12-22(30)20(28)10-14(18)6-8-24/h1-4,9-12,25-30H,5-8,23-24H2. The van der Waals surface area contributed by atoms with Gasteiger partial charge in [0.2, 0.25) is 0 Å². The minimum absolute atomic E-state index is 0.186. The van der Waals surface area contributed by atoms with Crippen LogP contribution in [0.5, 0.6) is 23.0 Å². The van der Waals surface area contributed by atoms with Gasteiger partial charge in [0.15, 0.2) is 23.0 Å². The van der Waals surface area contributed by atoms with Crippen molar-refractivity contribution >= 4 is 22.7 Å². The van der Waals surface area contributed by atoms with Gasteiger partial charge in [-0.05, 0) is 73.5 Å². The third kappa shape index (κ3) is 4.86. The van der Waals surface area contributed by atoms with E-state index in [0.29, 0.717) is 37.3 Å². The number of benzene rings is 3. The minimum Gasteiger partial charge on any atom is -0.504 e. The van der Waals surface area contributed by atoms with Crippen LogP contribution in [0, 0.1) is 0 Å².